The third kappa shape index (κ3) is 3.62. The van der Waals surface area contributed by atoms with Crippen LogP contribution in [0.5, 0.6) is 0 Å². The summed E-state index contributed by atoms with van der Waals surface area (Å²) < 4.78 is 13.1. The van der Waals surface area contributed by atoms with Crippen molar-refractivity contribution in [2.24, 2.45) is 4.99 Å². The molecule has 2 unspecified atom stereocenters. The smallest absolute Gasteiger partial charge is 0.162 e. The van der Waals surface area contributed by atoms with Crippen molar-refractivity contribution in [1.29, 1.82) is 0 Å². The molecule has 24 heavy (non-hydrogen) atoms. The quantitative estimate of drug-likeness (QED) is 0.656. The largest absolute Gasteiger partial charge is 0.611 e. The number of rotatable bonds is 5. The van der Waals surface area contributed by atoms with Crippen molar-refractivity contribution in [3.63, 3.8) is 0 Å². The van der Waals surface area contributed by atoms with E-state index >= 15 is 0 Å². The van der Waals surface area contributed by atoms with Gasteiger partial charge < -0.3 is 4.55 Å². The monoisotopic (exact) mass is 343 g/mol. The number of unbranched alkanes of at least 4 members (excludes halogenated alkanes) is 1. The Morgan fingerprint density at radius 3 is 2.75 bits per heavy atom. The van der Waals surface area contributed by atoms with Crippen LogP contribution in [0.4, 0.5) is 0 Å². The van der Waals surface area contributed by atoms with Crippen LogP contribution < -0.4 is 0 Å². The van der Waals surface area contributed by atoms with Crippen molar-refractivity contribution < 1.29 is 4.55 Å². The molecular formula is C21H29NOS. The Bertz CT molecular complexity index is 636. The van der Waals surface area contributed by atoms with Gasteiger partial charge in [0.15, 0.2) is 4.90 Å². The molecule has 1 aliphatic carbocycles. The van der Waals surface area contributed by atoms with Crippen LogP contribution in [0.1, 0.15) is 70.8 Å². The van der Waals surface area contributed by atoms with Gasteiger partial charge in [-0.2, -0.15) is 0 Å². The SMILES string of the molecule is CCCCC1(CC)C[S+]([O-])c2ccccc2C(C2=CCCCC2)=N1. The predicted molar refractivity (Wildman–Crippen MR) is 103 cm³/mol. The third-order valence-corrected chi connectivity index (χ3v) is 7.03. The number of nitrogens with zero attached hydrogens (tertiary/aromatic N) is 1. The van der Waals surface area contributed by atoms with E-state index in [4.69, 9.17) is 4.99 Å². The van der Waals surface area contributed by atoms with E-state index in [1.54, 1.807) is 0 Å². The lowest BCUT2D eigenvalue weighted by atomic mass is 9.88. The number of fused-ring (bicyclic) bond motifs is 1. The van der Waals surface area contributed by atoms with Gasteiger partial charge in [-0.25, -0.2) is 0 Å². The standard InChI is InChI=1S/C21H29NOS/c1-3-5-15-21(4-2)16-24(23)19-14-10-9-13-18(19)20(22-21)17-11-7-6-8-12-17/h9-11,13-14H,3-8,12,15-16H2,1-2H3. The molecule has 0 bridgehead atoms. The first-order valence-electron chi connectivity index (χ1n) is 9.46. The van der Waals surface area contributed by atoms with Crippen LogP contribution in [0.25, 0.3) is 0 Å². The molecule has 0 fully saturated rings. The number of benzene rings is 1. The summed E-state index contributed by atoms with van der Waals surface area (Å²) in [7, 11) is 0. The van der Waals surface area contributed by atoms with Crippen LogP contribution in [0.2, 0.25) is 0 Å². The van der Waals surface area contributed by atoms with Gasteiger partial charge in [-0.3, -0.25) is 4.99 Å². The summed E-state index contributed by atoms with van der Waals surface area (Å²) >= 11 is -0.972. The van der Waals surface area contributed by atoms with Crippen LogP contribution in [0.15, 0.2) is 45.8 Å². The molecule has 0 spiro atoms. The van der Waals surface area contributed by atoms with Crippen LogP contribution >= 0.6 is 0 Å². The van der Waals surface area contributed by atoms with E-state index in [0.29, 0.717) is 5.75 Å². The summed E-state index contributed by atoms with van der Waals surface area (Å²) in [6.07, 6.45) is 11.4. The second kappa shape index (κ2) is 7.88. The summed E-state index contributed by atoms with van der Waals surface area (Å²) in [5.41, 5.74) is 3.44. The minimum atomic E-state index is -0.972. The van der Waals surface area contributed by atoms with Crippen molar-refractivity contribution in [2.75, 3.05) is 5.75 Å². The van der Waals surface area contributed by atoms with E-state index in [1.165, 1.54) is 18.4 Å². The zero-order valence-corrected chi connectivity index (χ0v) is 15.8. The van der Waals surface area contributed by atoms with Gasteiger partial charge in [0.05, 0.1) is 11.3 Å². The van der Waals surface area contributed by atoms with Crippen LogP contribution in [0.3, 0.4) is 0 Å². The molecule has 1 aliphatic heterocycles. The van der Waals surface area contributed by atoms with Crippen molar-refractivity contribution in [3.8, 4) is 0 Å². The Morgan fingerprint density at radius 1 is 1.21 bits per heavy atom. The number of hydrogen-bond acceptors (Lipinski definition) is 2. The maximum atomic E-state index is 13.1. The fourth-order valence-corrected chi connectivity index (χ4v) is 5.50. The lowest BCUT2D eigenvalue weighted by Crippen LogP contribution is -2.34. The minimum Gasteiger partial charge on any atom is -0.611 e. The molecule has 3 rings (SSSR count). The highest BCUT2D eigenvalue weighted by Crippen LogP contribution is 2.36. The summed E-state index contributed by atoms with van der Waals surface area (Å²) in [5, 5.41) is 0. The van der Waals surface area contributed by atoms with Crippen molar-refractivity contribution in [2.45, 2.75) is 75.6 Å². The second-order valence-corrected chi connectivity index (χ2v) is 8.52. The molecule has 0 amide bonds. The zero-order valence-electron chi connectivity index (χ0n) is 15.0. The Kier molecular flexibility index (Phi) is 5.83. The minimum absolute atomic E-state index is 0.173. The highest BCUT2D eigenvalue weighted by atomic mass is 32.2. The predicted octanol–water partition coefficient (Wildman–Crippen LogP) is 5.44. The van der Waals surface area contributed by atoms with Crippen LogP contribution in [-0.4, -0.2) is 21.6 Å². The first-order chi connectivity index (χ1) is 11.7. The molecule has 1 heterocycles. The topological polar surface area (TPSA) is 35.4 Å². The summed E-state index contributed by atoms with van der Waals surface area (Å²) in [6, 6.07) is 8.22. The van der Waals surface area contributed by atoms with Gasteiger partial charge in [0.2, 0.25) is 0 Å². The summed E-state index contributed by atoms with van der Waals surface area (Å²) in [5.74, 6) is 0.664. The van der Waals surface area contributed by atoms with Crippen LogP contribution in [-0.2, 0) is 11.2 Å². The molecule has 2 nitrogen and oxygen atoms in total. The molecule has 0 saturated carbocycles. The molecule has 0 radical (unpaired) electrons. The highest BCUT2D eigenvalue weighted by Gasteiger charge is 2.39. The average molecular weight is 344 g/mol. The van der Waals surface area contributed by atoms with Gasteiger partial charge in [-0.1, -0.05) is 44.9 Å². The molecule has 0 saturated heterocycles. The van der Waals surface area contributed by atoms with E-state index in [1.807, 2.05) is 12.1 Å². The molecule has 1 aromatic carbocycles. The summed E-state index contributed by atoms with van der Waals surface area (Å²) in [4.78, 5) is 6.31. The van der Waals surface area contributed by atoms with Gasteiger partial charge in [0.25, 0.3) is 0 Å². The maximum Gasteiger partial charge on any atom is 0.162 e. The van der Waals surface area contributed by atoms with Gasteiger partial charge in [0, 0.05) is 0 Å². The zero-order chi connectivity index (χ0) is 17.0. The van der Waals surface area contributed by atoms with Gasteiger partial charge in [0.1, 0.15) is 11.3 Å². The van der Waals surface area contributed by atoms with E-state index in [2.05, 4.69) is 32.1 Å². The van der Waals surface area contributed by atoms with Crippen molar-refractivity contribution >= 4 is 16.9 Å². The van der Waals surface area contributed by atoms with E-state index in [0.717, 1.165) is 54.7 Å². The van der Waals surface area contributed by atoms with E-state index in [-0.39, 0.29) is 5.54 Å². The number of aliphatic imine (C=N–C) groups is 1. The molecule has 0 aromatic heterocycles. The normalized spacial score (nSPS) is 27.0. The number of allylic oxidation sites excluding steroid dienone is 2. The Morgan fingerprint density at radius 2 is 2.04 bits per heavy atom. The Balaban J connectivity index is 2.11. The summed E-state index contributed by atoms with van der Waals surface area (Å²) in [6.45, 7) is 4.43. The molecule has 0 N–H and O–H groups in total. The molecule has 1 aromatic rings. The van der Waals surface area contributed by atoms with Gasteiger partial charge in [-0.15, -0.1) is 0 Å². The third-order valence-electron chi connectivity index (χ3n) is 5.39. The van der Waals surface area contributed by atoms with Gasteiger partial charge >= 0.3 is 0 Å². The van der Waals surface area contributed by atoms with E-state index < -0.39 is 11.2 Å². The second-order valence-electron chi connectivity index (χ2n) is 7.10. The van der Waals surface area contributed by atoms with Crippen LogP contribution in [0, 0.1) is 0 Å². The lowest BCUT2D eigenvalue weighted by Gasteiger charge is -2.28. The first-order valence-corrected chi connectivity index (χ1v) is 10.8. The first kappa shape index (κ1) is 17.8. The van der Waals surface area contributed by atoms with Gasteiger partial charge in [-0.05, 0) is 67.4 Å². The highest BCUT2D eigenvalue weighted by molar-refractivity contribution is 7.91. The Labute approximate surface area is 149 Å². The number of hydrogen-bond donors (Lipinski definition) is 0. The molecule has 2 aliphatic rings. The molecule has 130 valence electrons. The van der Waals surface area contributed by atoms with Crippen molar-refractivity contribution in [3.05, 3.63) is 41.5 Å². The average Bonchev–Trinajstić information content (AvgIpc) is 2.76. The Hall–Kier alpha value is -1.06. The van der Waals surface area contributed by atoms with Crippen molar-refractivity contribution in [1.82, 2.24) is 0 Å². The maximum absolute atomic E-state index is 13.1. The fourth-order valence-electron chi connectivity index (χ4n) is 3.80. The fraction of sp³-hybridized carbons (Fsp3) is 0.571. The molecular weight excluding hydrogens is 314 g/mol. The molecule has 2 atom stereocenters. The lowest BCUT2D eigenvalue weighted by molar-refractivity contribution is 0.406. The van der Waals surface area contributed by atoms with E-state index in [9.17, 15) is 4.55 Å². The molecule has 3 heteroatoms.